The smallest absolute Gasteiger partial charge is 0.236 e. The minimum absolute atomic E-state index is 0.276. The number of piperidine rings is 1. The van der Waals surface area contributed by atoms with Crippen molar-refractivity contribution in [1.29, 1.82) is 0 Å². The summed E-state index contributed by atoms with van der Waals surface area (Å²) < 4.78 is 0. The molecular formula is C29H40N4O. The lowest BCUT2D eigenvalue weighted by atomic mass is 9.87. The average molecular weight is 461 g/mol. The van der Waals surface area contributed by atoms with Gasteiger partial charge in [0.2, 0.25) is 5.91 Å². The molecule has 0 spiro atoms. The quantitative estimate of drug-likeness (QED) is 0.469. The number of nitrogens with zero attached hydrogens (tertiary/aromatic N) is 3. The summed E-state index contributed by atoms with van der Waals surface area (Å²) in [6, 6.07) is 11.3. The Balaban J connectivity index is 1.57. The Kier molecular flexibility index (Phi) is 7.42. The molecule has 34 heavy (non-hydrogen) atoms. The Morgan fingerprint density at radius 3 is 2.32 bits per heavy atom. The first-order valence-corrected chi connectivity index (χ1v) is 12.9. The van der Waals surface area contributed by atoms with E-state index in [-0.39, 0.29) is 5.91 Å². The number of H-pyrrole nitrogens is 1. The molecule has 1 aliphatic heterocycles. The van der Waals surface area contributed by atoms with Crippen LogP contribution in [0.25, 0.3) is 22.2 Å². The van der Waals surface area contributed by atoms with Crippen molar-refractivity contribution in [2.45, 2.75) is 66.2 Å². The summed E-state index contributed by atoms with van der Waals surface area (Å²) in [4.78, 5) is 25.3. The fourth-order valence-electron chi connectivity index (χ4n) is 5.49. The molecule has 1 fully saturated rings. The summed E-state index contributed by atoms with van der Waals surface area (Å²) >= 11 is 0. The Bertz CT molecular complexity index is 1130. The van der Waals surface area contributed by atoms with Crippen molar-refractivity contribution in [2.24, 2.45) is 0 Å². The highest BCUT2D eigenvalue weighted by Gasteiger charge is 2.25. The molecule has 1 saturated heterocycles. The van der Waals surface area contributed by atoms with Crippen LogP contribution in [-0.2, 0) is 4.79 Å². The molecule has 0 radical (unpaired) electrons. The topological polar surface area (TPSA) is 52.2 Å². The van der Waals surface area contributed by atoms with Crippen LogP contribution < -0.4 is 0 Å². The number of nitrogens with one attached hydrogen (secondary N) is 1. The third-order valence-corrected chi connectivity index (χ3v) is 7.38. The van der Waals surface area contributed by atoms with Crippen LogP contribution in [0.1, 0.15) is 74.9 Å². The summed E-state index contributed by atoms with van der Waals surface area (Å²) in [6.45, 7) is 17.0. The van der Waals surface area contributed by atoms with E-state index < -0.39 is 0 Å². The molecule has 1 amide bonds. The number of fused-ring (bicyclic) bond motifs is 1. The second-order valence-corrected chi connectivity index (χ2v) is 10.1. The molecule has 5 nitrogen and oxygen atoms in total. The van der Waals surface area contributed by atoms with Crippen LogP contribution in [0.15, 0.2) is 30.3 Å². The fourth-order valence-corrected chi connectivity index (χ4v) is 5.49. The molecule has 1 aromatic carbocycles. The number of benzene rings is 1. The fraction of sp³-hybridized carbons (Fsp3) is 0.517. The maximum absolute atomic E-state index is 12.7. The summed E-state index contributed by atoms with van der Waals surface area (Å²) in [5.41, 5.74) is 8.50. The number of likely N-dealkylation sites (N-methyl/N-ethyl adjacent to an activating group) is 1. The van der Waals surface area contributed by atoms with Gasteiger partial charge in [-0.1, -0.05) is 33.8 Å². The van der Waals surface area contributed by atoms with Crippen LogP contribution in [0.2, 0.25) is 0 Å². The van der Waals surface area contributed by atoms with Gasteiger partial charge in [0.1, 0.15) is 0 Å². The van der Waals surface area contributed by atoms with E-state index in [1.54, 1.807) is 0 Å². The number of carbonyl (C=O) groups is 1. The van der Waals surface area contributed by atoms with E-state index in [2.05, 4.69) is 91.6 Å². The summed E-state index contributed by atoms with van der Waals surface area (Å²) in [6.07, 6.45) is 2.07. The zero-order valence-electron chi connectivity index (χ0n) is 21.7. The summed E-state index contributed by atoms with van der Waals surface area (Å²) in [7, 11) is 0. The minimum atomic E-state index is 0.276. The number of hydrogen-bond acceptors (Lipinski definition) is 3. The number of aromatic nitrogens is 2. The third-order valence-electron chi connectivity index (χ3n) is 7.38. The zero-order valence-corrected chi connectivity index (χ0v) is 21.7. The summed E-state index contributed by atoms with van der Waals surface area (Å²) in [5.74, 6) is 1.19. The number of carbonyl (C=O) groups excluding carboxylic acids is 1. The van der Waals surface area contributed by atoms with E-state index in [9.17, 15) is 4.79 Å². The Hall–Kier alpha value is -2.66. The Morgan fingerprint density at radius 1 is 1.09 bits per heavy atom. The van der Waals surface area contributed by atoms with Gasteiger partial charge in [-0.05, 0) is 87.0 Å². The van der Waals surface area contributed by atoms with Crippen molar-refractivity contribution >= 4 is 16.8 Å². The van der Waals surface area contributed by atoms with E-state index in [4.69, 9.17) is 0 Å². The minimum Gasteiger partial charge on any atom is -0.354 e. The highest BCUT2D eigenvalue weighted by atomic mass is 16.2. The highest BCUT2D eigenvalue weighted by molar-refractivity contribution is 5.92. The van der Waals surface area contributed by atoms with Crippen LogP contribution in [0, 0.1) is 13.8 Å². The Labute approximate surface area is 204 Å². The molecule has 2 aromatic heterocycles. The van der Waals surface area contributed by atoms with Crippen LogP contribution >= 0.6 is 0 Å². The third kappa shape index (κ3) is 5.05. The van der Waals surface area contributed by atoms with Crippen LogP contribution in [0.3, 0.4) is 0 Å². The number of rotatable bonds is 7. The molecule has 0 unspecified atom stereocenters. The van der Waals surface area contributed by atoms with Crippen molar-refractivity contribution in [2.75, 3.05) is 32.7 Å². The first-order valence-electron chi connectivity index (χ1n) is 12.9. The zero-order chi connectivity index (χ0) is 24.4. The van der Waals surface area contributed by atoms with Gasteiger partial charge in [0, 0.05) is 40.9 Å². The molecule has 4 rings (SSSR count). The lowest BCUT2D eigenvalue weighted by molar-refractivity contribution is -0.133. The lowest BCUT2D eigenvalue weighted by Crippen LogP contribution is -2.43. The van der Waals surface area contributed by atoms with Crippen LogP contribution in [0.5, 0.6) is 0 Å². The largest absolute Gasteiger partial charge is 0.354 e. The monoisotopic (exact) mass is 460 g/mol. The molecular weight excluding hydrogens is 420 g/mol. The first-order chi connectivity index (χ1) is 16.3. The highest BCUT2D eigenvalue weighted by Crippen LogP contribution is 2.38. The predicted octanol–water partition coefficient (Wildman–Crippen LogP) is 6.02. The van der Waals surface area contributed by atoms with Crippen molar-refractivity contribution in [1.82, 2.24) is 19.8 Å². The molecule has 1 aliphatic rings. The van der Waals surface area contributed by atoms with Crippen molar-refractivity contribution in [3.63, 3.8) is 0 Å². The molecule has 0 bridgehead atoms. The van der Waals surface area contributed by atoms with Crippen LogP contribution in [0.4, 0.5) is 0 Å². The van der Waals surface area contributed by atoms with Crippen molar-refractivity contribution in [3.05, 3.63) is 52.8 Å². The van der Waals surface area contributed by atoms with E-state index in [0.717, 1.165) is 50.4 Å². The molecule has 0 atom stereocenters. The molecule has 3 aromatic rings. The van der Waals surface area contributed by atoms with Gasteiger partial charge < -0.3 is 9.88 Å². The van der Waals surface area contributed by atoms with Gasteiger partial charge in [-0.3, -0.25) is 14.7 Å². The lowest BCUT2D eigenvalue weighted by Gasteiger charge is -2.33. The predicted molar refractivity (Wildman–Crippen MR) is 141 cm³/mol. The number of aromatic amines is 1. The first kappa shape index (κ1) is 24.5. The number of amides is 1. The van der Waals surface area contributed by atoms with Gasteiger partial charge in [0.15, 0.2) is 0 Å². The standard InChI is InChI=1S/C29H40N4O/c1-7-32(8-2)18-27(34)33-13-11-22(12-14-33)23-9-10-26-25(17-23)28(19(3)4)29(31-26)24-15-20(5)30-21(6)16-24/h9-10,15-17,19,22,31H,7-8,11-14,18H2,1-6H3. The second kappa shape index (κ2) is 10.3. The molecule has 182 valence electrons. The molecule has 0 aliphatic carbocycles. The number of aryl methyl sites for hydroxylation is 2. The van der Waals surface area contributed by atoms with Gasteiger partial charge in [0.25, 0.3) is 0 Å². The maximum Gasteiger partial charge on any atom is 0.236 e. The van der Waals surface area contributed by atoms with E-state index in [1.807, 2.05) is 0 Å². The van der Waals surface area contributed by atoms with Gasteiger partial charge in [0.05, 0.1) is 12.2 Å². The normalized spacial score (nSPS) is 15.1. The second-order valence-electron chi connectivity index (χ2n) is 10.1. The molecule has 3 heterocycles. The summed E-state index contributed by atoms with van der Waals surface area (Å²) in [5, 5.41) is 1.33. The van der Waals surface area contributed by atoms with Gasteiger partial charge in [-0.25, -0.2) is 0 Å². The van der Waals surface area contributed by atoms with Crippen LogP contribution in [-0.4, -0.2) is 58.4 Å². The van der Waals surface area contributed by atoms with Gasteiger partial charge in [-0.2, -0.15) is 0 Å². The molecule has 1 N–H and O–H groups in total. The Morgan fingerprint density at radius 2 is 1.74 bits per heavy atom. The van der Waals surface area contributed by atoms with Crippen molar-refractivity contribution < 1.29 is 4.79 Å². The number of likely N-dealkylation sites (tertiary alicyclic amines) is 1. The molecule has 0 saturated carbocycles. The SMILES string of the molecule is CCN(CC)CC(=O)N1CCC(c2ccc3[nH]c(-c4cc(C)nc(C)c4)c(C(C)C)c3c2)CC1. The van der Waals surface area contributed by atoms with E-state index >= 15 is 0 Å². The number of pyridine rings is 1. The average Bonchev–Trinajstić information content (AvgIpc) is 3.21. The van der Waals surface area contributed by atoms with Crippen molar-refractivity contribution in [3.8, 4) is 11.3 Å². The molecule has 5 heteroatoms. The van der Waals surface area contributed by atoms with Gasteiger partial charge in [-0.15, -0.1) is 0 Å². The van der Waals surface area contributed by atoms with E-state index in [1.165, 1.54) is 33.3 Å². The van der Waals surface area contributed by atoms with Gasteiger partial charge >= 0.3 is 0 Å². The maximum atomic E-state index is 12.7. The number of hydrogen-bond donors (Lipinski definition) is 1. The van der Waals surface area contributed by atoms with E-state index in [0.29, 0.717) is 18.4 Å².